The van der Waals surface area contributed by atoms with Gasteiger partial charge in [-0.1, -0.05) is 13.3 Å². The van der Waals surface area contributed by atoms with Gasteiger partial charge in [-0.15, -0.1) is 0 Å². The summed E-state index contributed by atoms with van der Waals surface area (Å²) in [4.78, 5) is 2.44. The highest BCUT2D eigenvalue weighted by atomic mass is 16.5. The maximum Gasteiger partial charge on any atom is 0.0506 e. The predicted octanol–water partition coefficient (Wildman–Crippen LogP) is 1.86. The molecule has 0 aromatic rings. The van der Waals surface area contributed by atoms with Crippen molar-refractivity contribution in [3.8, 4) is 0 Å². The number of nitrogens with zero attached hydrogens (tertiary/aromatic N) is 1. The third-order valence-corrected chi connectivity index (χ3v) is 3.94. The van der Waals surface area contributed by atoms with Gasteiger partial charge >= 0.3 is 0 Å². The Kier molecular flexibility index (Phi) is 5.73. The van der Waals surface area contributed by atoms with Crippen LogP contribution in [0.1, 0.15) is 39.5 Å². The Morgan fingerprint density at radius 2 is 2.25 bits per heavy atom. The molecule has 1 aliphatic rings. The Labute approximate surface area is 100 Å². The summed E-state index contributed by atoms with van der Waals surface area (Å²) >= 11 is 0. The van der Waals surface area contributed by atoms with Gasteiger partial charge in [-0.3, -0.25) is 4.90 Å². The fourth-order valence-electron chi connectivity index (χ4n) is 2.55. The summed E-state index contributed by atoms with van der Waals surface area (Å²) in [5.74, 6) is 0.696. The summed E-state index contributed by atoms with van der Waals surface area (Å²) in [5.41, 5.74) is 6.09. The minimum Gasteiger partial charge on any atom is -0.381 e. The van der Waals surface area contributed by atoms with Crippen LogP contribution in [0.3, 0.4) is 0 Å². The molecule has 0 aromatic carbocycles. The van der Waals surface area contributed by atoms with Crippen molar-refractivity contribution < 1.29 is 4.74 Å². The standard InChI is InChI=1S/C13H28N2O/c1-4-7-13(2,11-14)15(3)9-12-6-5-8-16-10-12/h12H,4-11,14H2,1-3H3. The number of rotatable bonds is 6. The molecule has 0 aliphatic carbocycles. The van der Waals surface area contributed by atoms with Crippen molar-refractivity contribution in [2.24, 2.45) is 11.7 Å². The summed E-state index contributed by atoms with van der Waals surface area (Å²) in [6, 6.07) is 0. The van der Waals surface area contributed by atoms with E-state index in [2.05, 4.69) is 25.8 Å². The quantitative estimate of drug-likeness (QED) is 0.754. The molecule has 2 atom stereocenters. The van der Waals surface area contributed by atoms with Gasteiger partial charge in [0.1, 0.15) is 0 Å². The van der Waals surface area contributed by atoms with E-state index in [-0.39, 0.29) is 5.54 Å². The lowest BCUT2D eigenvalue weighted by Crippen LogP contribution is -2.51. The average molecular weight is 228 g/mol. The summed E-state index contributed by atoms with van der Waals surface area (Å²) in [6.45, 7) is 8.24. The van der Waals surface area contributed by atoms with Gasteiger partial charge in [0, 0.05) is 25.2 Å². The first-order valence-electron chi connectivity index (χ1n) is 6.61. The fourth-order valence-corrected chi connectivity index (χ4v) is 2.55. The Balaban J connectivity index is 2.44. The number of hydrogen-bond acceptors (Lipinski definition) is 3. The first-order valence-corrected chi connectivity index (χ1v) is 6.61. The molecule has 0 saturated carbocycles. The molecule has 0 spiro atoms. The monoisotopic (exact) mass is 228 g/mol. The van der Waals surface area contributed by atoms with E-state index in [1.54, 1.807) is 0 Å². The zero-order valence-corrected chi connectivity index (χ0v) is 11.2. The Morgan fingerprint density at radius 3 is 2.75 bits per heavy atom. The van der Waals surface area contributed by atoms with Gasteiger partial charge in [0.15, 0.2) is 0 Å². The first kappa shape index (κ1) is 13.9. The molecule has 0 amide bonds. The van der Waals surface area contributed by atoms with Crippen molar-refractivity contribution in [1.82, 2.24) is 4.90 Å². The maximum absolute atomic E-state index is 5.93. The van der Waals surface area contributed by atoms with Crippen LogP contribution in [-0.2, 0) is 4.74 Å². The summed E-state index contributed by atoms with van der Waals surface area (Å²) in [6.07, 6.45) is 4.88. The smallest absolute Gasteiger partial charge is 0.0506 e. The number of hydrogen-bond donors (Lipinski definition) is 1. The number of likely N-dealkylation sites (N-methyl/N-ethyl adjacent to an activating group) is 1. The van der Waals surface area contributed by atoms with Crippen LogP contribution in [0, 0.1) is 5.92 Å². The molecule has 3 heteroatoms. The van der Waals surface area contributed by atoms with Gasteiger partial charge in [-0.05, 0) is 39.2 Å². The van der Waals surface area contributed by atoms with Gasteiger partial charge in [-0.2, -0.15) is 0 Å². The molecule has 2 N–H and O–H groups in total. The van der Waals surface area contributed by atoms with Crippen molar-refractivity contribution in [1.29, 1.82) is 0 Å². The summed E-state index contributed by atoms with van der Waals surface area (Å²) in [7, 11) is 2.21. The van der Waals surface area contributed by atoms with Crippen molar-refractivity contribution in [2.45, 2.75) is 45.1 Å². The molecule has 1 saturated heterocycles. The van der Waals surface area contributed by atoms with Gasteiger partial charge in [0.2, 0.25) is 0 Å². The van der Waals surface area contributed by atoms with E-state index in [0.29, 0.717) is 5.92 Å². The van der Waals surface area contributed by atoms with Crippen LogP contribution in [0.5, 0.6) is 0 Å². The van der Waals surface area contributed by atoms with Crippen molar-refractivity contribution >= 4 is 0 Å². The summed E-state index contributed by atoms with van der Waals surface area (Å²) in [5, 5.41) is 0. The molecule has 1 rings (SSSR count). The van der Waals surface area contributed by atoms with Crippen LogP contribution in [0.25, 0.3) is 0 Å². The maximum atomic E-state index is 5.93. The molecule has 1 heterocycles. The average Bonchev–Trinajstić information content (AvgIpc) is 2.30. The van der Waals surface area contributed by atoms with Crippen LogP contribution in [0.15, 0.2) is 0 Å². The lowest BCUT2D eigenvalue weighted by Gasteiger charge is -2.40. The second kappa shape index (κ2) is 6.58. The van der Waals surface area contributed by atoms with E-state index in [4.69, 9.17) is 10.5 Å². The van der Waals surface area contributed by atoms with E-state index >= 15 is 0 Å². The number of ether oxygens (including phenoxy) is 1. The van der Waals surface area contributed by atoms with Crippen LogP contribution in [0.4, 0.5) is 0 Å². The van der Waals surface area contributed by atoms with Crippen molar-refractivity contribution in [3.05, 3.63) is 0 Å². The molecule has 16 heavy (non-hydrogen) atoms. The minimum absolute atomic E-state index is 0.159. The largest absolute Gasteiger partial charge is 0.381 e. The van der Waals surface area contributed by atoms with Crippen LogP contribution in [0.2, 0.25) is 0 Å². The molecule has 0 bridgehead atoms. The highest BCUT2D eigenvalue weighted by Gasteiger charge is 2.28. The zero-order valence-electron chi connectivity index (χ0n) is 11.2. The molecule has 0 radical (unpaired) electrons. The predicted molar refractivity (Wildman–Crippen MR) is 68.5 cm³/mol. The minimum atomic E-state index is 0.159. The Hall–Kier alpha value is -0.120. The van der Waals surface area contributed by atoms with Crippen molar-refractivity contribution in [2.75, 3.05) is 33.4 Å². The molecule has 1 aliphatic heterocycles. The van der Waals surface area contributed by atoms with Crippen LogP contribution < -0.4 is 5.73 Å². The third kappa shape index (κ3) is 3.72. The Bertz CT molecular complexity index is 192. The molecular weight excluding hydrogens is 200 g/mol. The lowest BCUT2D eigenvalue weighted by molar-refractivity contribution is 0.0221. The second-order valence-electron chi connectivity index (χ2n) is 5.41. The first-order chi connectivity index (χ1) is 7.62. The van der Waals surface area contributed by atoms with E-state index in [9.17, 15) is 0 Å². The SMILES string of the molecule is CCCC(C)(CN)N(C)CC1CCCOC1. The third-order valence-electron chi connectivity index (χ3n) is 3.94. The molecular formula is C13H28N2O. The van der Waals surface area contributed by atoms with Gasteiger partial charge in [0.25, 0.3) is 0 Å². The van der Waals surface area contributed by atoms with E-state index < -0.39 is 0 Å². The summed E-state index contributed by atoms with van der Waals surface area (Å²) < 4.78 is 5.53. The van der Waals surface area contributed by atoms with Gasteiger partial charge in [-0.25, -0.2) is 0 Å². The molecule has 1 fully saturated rings. The molecule has 2 unspecified atom stereocenters. The molecule has 3 nitrogen and oxygen atoms in total. The second-order valence-corrected chi connectivity index (χ2v) is 5.41. The molecule has 96 valence electrons. The highest BCUT2D eigenvalue weighted by molar-refractivity contribution is 4.86. The van der Waals surface area contributed by atoms with E-state index in [1.807, 2.05) is 0 Å². The fraction of sp³-hybridized carbons (Fsp3) is 1.00. The Morgan fingerprint density at radius 1 is 1.50 bits per heavy atom. The van der Waals surface area contributed by atoms with Gasteiger partial charge in [0.05, 0.1) is 6.61 Å². The highest BCUT2D eigenvalue weighted by Crippen LogP contribution is 2.22. The normalized spacial score (nSPS) is 25.7. The van der Waals surface area contributed by atoms with E-state index in [0.717, 1.165) is 26.3 Å². The zero-order chi connectivity index (χ0) is 12.0. The van der Waals surface area contributed by atoms with Crippen LogP contribution in [-0.4, -0.2) is 43.8 Å². The van der Waals surface area contributed by atoms with Gasteiger partial charge < -0.3 is 10.5 Å². The van der Waals surface area contributed by atoms with Crippen LogP contribution >= 0.6 is 0 Å². The lowest BCUT2D eigenvalue weighted by atomic mass is 9.92. The van der Waals surface area contributed by atoms with E-state index in [1.165, 1.54) is 25.7 Å². The molecule has 0 aromatic heterocycles. The van der Waals surface area contributed by atoms with Crippen molar-refractivity contribution in [3.63, 3.8) is 0 Å². The number of nitrogens with two attached hydrogens (primary N) is 1. The topological polar surface area (TPSA) is 38.5 Å².